The summed E-state index contributed by atoms with van der Waals surface area (Å²) in [6, 6.07) is 3.96. The van der Waals surface area contributed by atoms with E-state index in [1.807, 2.05) is 17.5 Å². The van der Waals surface area contributed by atoms with E-state index in [1.165, 1.54) is 4.88 Å². The van der Waals surface area contributed by atoms with Crippen molar-refractivity contribution in [2.45, 2.75) is 32.2 Å². The number of thiophene rings is 1. The SMILES string of the molecule is CCC(NC(=O)NCC1(CO)CC1)c1cccs1. The Balaban J connectivity index is 1.79. The molecule has 1 fully saturated rings. The van der Waals surface area contributed by atoms with E-state index in [0.717, 1.165) is 19.3 Å². The van der Waals surface area contributed by atoms with Crippen LogP contribution in [0.5, 0.6) is 0 Å². The van der Waals surface area contributed by atoms with Gasteiger partial charge in [-0.1, -0.05) is 13.0 Å². The third kappa shape index (κ3) is 3.23. The number of carbonyl (C=O) groups excluding carboxylic acids is 1. The van der Waals surface area contributed by atoms with Crippen molar-refractivity contribution in [2.24, 2.45) is 5.41 Å². The molecule has 5 heteroatoms. The van der Waals surface area contributed by atoms with Crippen molar-refractivity contribution >= 4 is 17.4 Å². The number of rotatable bonds is 6. The van der Waals surface area contributed by atoms with E-state index in [0.29, 0.717) is 6.54 Å². The lowest BCUT2D eigenvalue weighted by Gasteiger charge is -2.18. The topological polar surface area (TPSA) is 61.4 Å². The molecule has 1 aromatic rings. The summed E-state index contributed by atoms with van der Waals surface area (Å²) in [6.45, 7) is 2.78. The number of nitrogens with one attached hydrogen (secondary N) is 2. The molecule has 0 bridgehead atoms. The van der Waals surface area contributed by atoms with Crippen molar-refractivity contribution in [2.75, 3.05) is 13.2 Å². The van der Waals surface area contributed by atoms with Gasteiger partial charge in [-0.15, -0.1) is 11.3 Å². The Labute approximate surface area is 111 Å². The van der Waals surface area contributed by atoms with E-state index in [1.54, 1.807) is 11.3 Å². The fourth-order valence-corrected chi connectivity index (χ4v) is 2.77. The molecule has 0 aromatic carbocycles. The zero-order chi connectivity index (χ0) is 13.0. The van der Waals surface area contributed by atoms with E-state index in [4.69, 9.17) is 0 Å². The van der Waals surface area contributed by atoms with E-state index in [9.17, 15) is 9.90 Å². The molecule has 1 heterocycles. The Morgan fingerprint density at radius 3 is 2.89 bits per heavy atom. The average molecular weight is 268 g/mol. The average Bonchev–Trinajstić information content (AvgIpc) is 2.97. The highest BCUT2D eigenvalue weighted by molar-refractivity contribution is 7.10. The summed E-state index contributed by atoms with van der Waals surface area (Å²) in [5.74, 6) is 0. The normalized spacial score (nSPS) is 18.1. The summed E-state index contributed by atoms with van der Waals surface area (Å²) >= 11 is 1.66. The van der Waals surface area contributed by atoms with E-state index < -0.39 is 0 Å². The minimum absolute atomic E-state index is 0.0397. The van der Waals surface area contributed by atoms with Crippen molar-refractivity contribution in [3.63, 3.8) is 0 Å². The van der Waals surface area contributed by atoms with Crippen LogP contribution >= 0.6 is 11.3 Å². The zero-order valence-corrected chi connectivity index (χ0v) is 11.4. The van der Waals surface area contributed by atoms with Gasteiger partial charge >= 0.3 is 6.03 Å². The van der Waals surface area contributed by atoms with Gasteiger partial charge in [0, 0.05) is 16.8 Å². The van der Waals surface area contributed by atoms with Gasteiger partial charge in [-0.25, -0.2) is 4.79 Å². The second-order valence-electron chi connectivity index (χ2n) is 4.96. The second kappa shape index (κ2) is 5.71. The first-order valence-electron chi connectivity index (χ1n) is 6.38. The quantitative estimate of drug-likeness (QED) is 0.741. The number of hydrogen-bond acceptors (Lipinski definition) is 3. The number of urea groups is 1. The van der Waals surface area contributed by atoms with Crippen LogP contribution in [0.4, 0.5) is 4.79 Å². The van der Waals surface area contributed by atoms with Crippen molar-refractivity contribution in [3.8, 4) is 0 Å². The fourth-order valence-electron chi connectivity index (χ4n) is 1.91. The van der Waals surface area contributed by atoms with Gasteiger partial charge in [-0.2, -0.15) is 0 Å². The highest BCUT2D eigenvalue weighted by Gasteiger charge is 2.42. The lowest BCUT2D eigenvalue weighted by atomic mass is 10.1. The molecule has 18 heavy (non-hydrogen) atoms. The number of aliphatic hydroxyl groups excluding tert-OH is 1. The maximum atomic E-state index is 11.8. The smallest absolute Gasteiger partial charge is 0.315 e. The first-order valence-corrected chi connectivity index (χ1v) is 7.26. The molecule has 3 N–H and O–H groups in total. The van der Waals surface area contributed by atoms with Crippen molar-refractivity contribution in [1.82, 2.24) is 10.6 Å². The molecule has 4 nitrogen and oxygen atoms in total. The highest BCUT2D eigenvalue weighted by atomic mass is 32.1. The Bertz CT molecular complexity index is 388. The van der Waals surface area contributed by atoms with Gasteiger partial charge in [0.15, 0.2) is 0 Å². The molecular weight excluding hydrogens is 248 g/mol. The summed E-state index contributed by atoms with van der Waals surface area (Å²) in [6.07, 6.45) is 2.89. The van der Waals surface area contributed by atoms with Gasteiger partial charge in [-0.3, -0.25) is 0 Å². The van der Waals surface area contributed by atoms with Crippen LogP contribution in [-0.2, 0) is 0 Å². The molecule has 1 aliphatic rings. The van der Waals surface area contributed by atoms with Crippen molar-refractivity contribution in [3.05, 3.63) is 22.4 Å². The maximum absolute atomic E-state index is 11.8. The third-order valence-corrected chi connectivity index (χ3v) is 4.50. The molecule has 0 radical (unpaired) electrons. The van der Waals surface area contributed by atoms with Crippen LogP contribution in [0, 0.1) is 5.41 Å². The van der Waals surface area contributed by atoms with Crippen LogP contribution in [0.2, 0.25) is 0 Å². The zero-order valence-electron chi connectivity index (χ0n) is 10.6. The van der Waals surface area contributed by atoms with E-state index in [-0.39, 0.29) is 24.1 Å². The monoisotopic (exact) mass is 268 g/mol. The van der Waals surface area contributed by atoms with E-state index >= 15 is 0 Å². The van der Waals surface area contributed by atoms with Gasteiger partial charge in [0.25, 0.3) is 0 Å². The van der Waals surface area contributed by atoms with Gasteiger partial charge in [-0.05, 0) is 30.7 Å². The van der Waals surface area contributed by atoms with Crippen LogP contribution in [0.3, 0.4) is 0 Å². The Hall–Kier alpha value is -1.07. The van der Waals surface area contributed by atoms with Crippen LogP contribution in [0.15, 0.2) is 17.5 Å². The van der Waals surface area contributed by atoms with E-state index in [2.05, 4.69) is 17.6 Å². The van der Waals surface area contributed by atoms with Crippen molar-refractivity contribution < 1.29 is 9.90 Å². The van der Waals surface area contributed by atoms with Crippen LogP contribution in [0.1, 0.15) is 37.1 Å². The number of amides is 2. The standard InChI is InChI=1S/C13H20N2O2S/c1-2-10(11-4-3-7-18-11)15-12(17)14-8-13(9-16)5-6-13/h3-4,7,10,16H,2,5-6,8-9H2,1H3,(H2,14,15,17). The summed E-state index contributed by atoms with van der Waals surface area (Å²) in [4.78, 5) is 13.0. The van der Waals surface area contributed by atoms with Crippen molar-refractivity contribution in [1.29, 1.82) is 0 Å². The predicted molar refractivity (Wildman–Crippen MR) is 72.6 cm³/mol. The molecule has 1 saturated carbocycles. The molecular formula is C13H20N2O2S. The molecule has 1 unspecified atom stereocenters. The lowest BCUT2D eigenvalue weighted by Crippen LogP contribution is -2.41. The third-order valence-electron chi connectivity index (χ3n) is 3.52. The van der Waals surface area contributed by atoms with Gasteiger partial charge < -0.3 is 15.7 Å². The first-order chi connectivity index (χ1) is 8.69. The molecule has 2 rings (SSSR count). The molecule has 0 saturated heterocycles. The minimum Gasteiger partial charge on any atom is -0.396 e. The summed E-state index contributed by atoms with van der Waals surface area (Å²) < 4.78 is 0. The van der Waals surface area contributed by atoms with Gasteiger partial charge in [0.1, 0.15) is 0 Å². The Kier molecular flexibility index (Phi) is 4.24. The minimum atomic E-state index is -0.144. The molecule has 1 aliphatic carbocycles. The predicted octanol–water partition coefficient (Wildman–Crippen LogP) is 2.27. The Morgan fingerprint density at radius 2 is 2.39 bits per heavy atom. The first kappa shape index (κ1) is 13.4. The largest absolute Gasteiger partial charge is 0.396 e. The lowest BCUT2D eigenvalue weighted by molar-refractivity contribution is 0.202. The molecule has 0 aliphatic heterocycles. The number of hydrogen-bond donors (Lipinski definition) is 3. The molecule has 0 spiro atoms. The second-order valence-corrected chi connectivity index (χ2v) is 5.94. The van der Waals surface area contributed by atoms with Crippen LogP contribution in [0.25, 0.3) is 0 Å². The van der Waals surface area contributed by atoms with Crippen LogP contribution < -0.4 is 10.6 Å². The fraction of sp³-hybridized carbons (Fsp3) is 0.615. The van der Waals surface area contributed by atoms with Crippen LogP contribution in [-0.4, -0.2) is 24.3 Å². The van der Waals surface area contributed by atoms with Gasteiger partial charge in [0.2, 0.25) is 0 Å². The number of aliphatic hydroxyl groups is 1. The summed E-state index contributed by atoms with van der Waals surface area (Å²) in [5, 5.41) is 17.0. The molecule has 2 amide bonds. The molecule has 1 aromatic heterocycles. The van der Waals surface area contributed by atoms with Gasteiger partial charge in [0.05, 0.1) is 12.6 Å². The maximum Gasteiger partial charge on any atom is 0.315 e. The molecule has 1 atom stereocenters. The highest BCUT2D eigenvalue weighted by Crippen LogP contribution is 2.44. The Morgan fingerprint density at radius 1 is 1.61 bits per heavy atom. The molecule has 100 valence electrons. The number of carbonyl (C=O) groups is 1. The summed E-state index contributed by atoms with van der Waals surface area (Å²) in [5.41, 5.74) is -0.0397. The summed E-state index contributed by atoms with van der Waals surface area (Å²) in [7, 11) is 0.